The summed E-state index contributed by atoms with van der Waals surface area (Å²) in [4.78, 5) is 33.3. The first kappa shape index (κ1) is 31.8. The number of unbranched alkanes of at least 4 members (excludes halogenated alkanes) is 1. The van der Waals surface area contributed by atoms with Crippen LogP contribution in [0.4, 0.5) is 0 Å². The predicted octanol–water partition coefficient (Wildman–Crippen LogP) is 7.91. The Labute approximate surface area is 257 Å². The zero-order valence-corrected chi connectivity index (χ0v) is 26.4. The van der Waals surface area contributed by atoms with Gasteiger partial charge in [-0.1, -0.05) is 80.1 Å². The van der Waals surface area contributed by atoms with E-state index in [1.165, 1.54) is 19.3 Å². The molecule has 5 nitrogen and oxygen atoms in total. The first-order valence-electron chi connectivity index (χ1n) is 15.7. The molecular formula is C34H47Cl2N3O2. The van der Waals surface area contributed by atoms with Crippen LogP contribution in [0.5, 0.6) is 0 Å². The minimum Gasteiger partial charge on any atom is -0.341 e. The van der Waals surface area contributed by atoms with Crippen LogP contribution < -0.4 is 0 Å². The van der Waals surface area contributed by atoms with E-state index in [0.29, 0.717) is 34.1 Å². The lowest BCUT2D eigenvalue weighted by Gasteiger charge is -2.41. The SMILES string of the molecule is CCCCN(C(=O)C1CCCCC1)C1CCN(CCC(CN(C)C(=O)c2ccccc2)c2ccc(Cl)c(Cl)c2)CC1. The highest BCUT2D eigenvalue weighted by molar-refractivity contribution is 6.42. The van der Waals surface area contributed by atoms with Gasteiger partial charge in [-0.05, 0) is 74.9 Å². The second kappa shape index (κ2) is 16.0. The Bertz CT molecular complexity index is 1110. The van der Waals surface area contributed by atoms with Crippen molar-refractivity contribution in [2.45, 2.75) is 83.1 Å². The molecule has 41 heavy (non-hydrogen) atoms. The van der Waals surface area contributed by atoms with Crippen LogP contribution in [-0.2, 0) is 4.79 Å². The fourth-order valence-electron chi connectivity index (χ4n) is 6.52. The van der Waals surface area contributed by atoms with Gasteiger partial charge in [0.2, 0.25) is 5.91 Å². The lowest BCUT2D eigenvalue weighted by atomic mass is 9.87. The van der Waals surface area contributed by atoms with Gasteiger partial charge in [0.05, 0.1) is 10.0 Å². The first-order valence-corrected chi connectivity index (χ1v) is 16.4. The molecule has 1 aliphatic carbocycles. The predicted molar refractivity (Wildman–Crippen MR) is 170 cm³/mol. The first-order chi connectivity index (χ1) is 19.9. The van der Waals surface area contributed by atoms with Crippen LogP contribution >= 0.6 is 23.2 Å². The van der Waals surface area contributed by atoms with E-state index in [-0.39, 0.29) is 17.7 Å². The molecule has 224 valence electrons. The summed E-state index contributed by atoms with van der Waals surface area (Å²) in [6.07, 6.45) is 11.0. The summed E-state index contributed by atoms with van der Waals surface area (Å²) in [5, 5.41) is 1.09. The van der Waals surface area contributed by atoms with Crippen LogP contribution in [0.25, 0.3) is 0 Å². The van der Waals surface area contributed by atoms with Crippen LogP contribution in [0.1, 0.15) is 93.0 Å². The van der Waals surface area contributed by atoms with E-state index < -0.39 is 0 Å². The Morgan fingerprint density at radius 2 is 1.66 bits per heavy atom. The quantitative estimate of drug-likeness (QED) is 0.249. The summed E-state index contributed by atoms with van der Waals surface area (Å²) >= 11 is 12.6. The molecule has 2 aliphatic rings. The average molecular weight is 601 g/mol. The Kier molecular flexibility index (Phi) is 12.4. The maximum Gasteiger partial charge on any atom is 0.253 e. The van der Waals surface area contributed by atoms with Crippen LogP contribution in [0.2, 0.25) is 10.0 Å². The Hall–Kier alpha value is -2.08. The summed E-state index contributed by atoms with van der Waals surface area (Å²) in [7, 11) is 1.87. The molecule has 7 heteroatoms. The molecule has 0 bridgehead atoms. The summed E-state index contributed by atoms with van der Waals surface area (Å²) in [5.74, 6) is 0.809. The lowest BCUT2D eigenvalue weighted by Crippen LogP contribution is -2.50. The van der Waals surface area contributed by atoms with Gasteiger partial charge in [-0.15, -0.1) is 0 Å². The van der Waals surface area contributed by atoms with Crippen molar-refractivity contribution in [2.75, 3.05) is 39.8 Å². The number of rotatable bonds is 12. The molecule has 0 N–H and O–H groups in total. The second-order valence-electron chi connectivity index (χ2n) is 12.0. The zero-order chi connectivity index (χ0) is 29.2. The van der Waals surface area contributed by atoms with Crippen molar-refractivity contribution in [1.82, 2.24) is 14.7 Å². The van der Waals surface area contributed by atoms with Crippen LogP contribution in [-0.4, -0.2) is 72.3 Å². The minimum absolute atomic E-state index is 0.0197. The van der Waals surface area contributed by atoms with Gasteiger partial charge in [0, 0.05) is 56.7 Å². The van der Waals surface area contributed by atoms with Crippen LogP contribution in [0.3, 0.4) is 0 Å². The molecule has 2 fully saturated rings. The van der Waals surface area contributed by atoms with Crippen molar-refractivity contribution in [3.63, 3.8) is 0 Å². The van der Waals surface area contributed by atoms with Crippen molar-refractivity contribution in [3.8, 4) is 0 Å². The van der Waals surface area contributed by atoms with Crippen molar-refractivity contribution in [1.29, 1.82) is 0 Å². The molecule has 0 aromatic heterocycles. The zero-order valence-electron chi connectivity index (χ0n) is 24.9. The monoisotopic (exact) mass is 599 g/mol. The van der Waals surface area contributed by atoms with Crippen molar-refractivity contribution < 1.29 is 9.59 Å². The Morgan fingerprint density at radius 3 is 2.32 bits per heavy atom. The fourth-order valence-corrected chi connectivity index (χ4v) is 6.83. The Morgan fingerprint density at radius 1 is 0.951 bits per heavy atom. The molecule has 1 saturated carbocycles. The number of hydrogen-bond donors (Lipinski definition) is 0. The van der Waals surface area contributed by atoms with Crippen LogP contribution in [0.15, 0.2) is 48.5 Å². The molecule has 1 atom stereocenters. The highest BCUT2D eigenvalue weighted by atomic mass is 35.5. The van der Waals surface area contributed by atoms with Gasteiger partial charge in [0.1, 0.15) is 0 Å². The highest BCUT2D eigenvalue weighted by Crippen LogP contribution is 2.31. The summed E-state index contributed by atoms with van der Waals surface area (Å²) in [6.45, 7) is 6.65. The number of piperidine rings is 1. The lowest BCUT2D eigenvalue weighted by molar-refractivity contribution is -0.140. The standard InChI is InChI=1S/C34H47Cl2N3O2/c1-3-4-20-39(34(41)27-13-9-6-10-14-27)30-18-22-38(23-19-30)21-17-29(28-15-16-31(35)32(36)24-28)25-37(2)33(40)26-11-7-5-8-12-26/h5,7-8,11-12,15-16,24,27,29-30H,3-4,6,9-10,13-14,17-23,25H2,1-2H3. The summed E-state index contributed by atoms with van der Waals surface area (Å²) < 4.78 is 0. The topological polar surface area (TPSA) is 43.9 Å². The van der Waals surface area contributed by atoms with Gasteiger partial charge in [-0.3, -0.25) is 9.59 Å². The smallest absolute Gasteiger partial charge is 0.253 e. The van der Waals surface area contributed by atoms with Crippen molar-refractivity contribution in [2.24, 2.45) is 5.92 Å². The Balaban J connectivity index is 1.37. The molecule has 2 aromatic carbocycles. The minimum atomic E-state index is 0.0197. The highest BCUT2D eigenvalue weighted by Gasteiger charge is 2.32. The van der Waals surface area contributed by atoms with Crippen molar-refractivity contribution >= 4 is 35.0 Å². The van der Waals surface area contributed by atoms with Gasteiger partial charge in [0.25, 0.3) is 5.91 Å². The van der Waals surface area contributed by atoms with Crippen LogP contribution in [0, 0.1) is 5.92 Å². The van der Waals surface area contributed by atoms with E-state index in [9.17, 15) is 9.59 Å². The molecule has 1 saturated heterocycles. The van der Waals surface area contributed by atoms with Gasteiger partial charge >= 0.3 is 0 Å². The van der Waals surface area contributed by atoms with Gasteiger partial charge in [-0.2, -0.15) is 0 Å². The third-order valence-corrected chi connectivity index (χ3v) is 9.80. The number of benzene rings is 2. The van der Waals surface area contributed by atoms with E-state index in [1.807, 2.05) is 60.5 Å². The van der Waals surface area contributed by atoms with Gasteiger partial charge in [-0.25, -0.2) is 0 Å². The maximum absolute atomic E-state index is 13.5. The number of amides is 2. The van der Waals surface area contributed by atoms with E-state index in [2.05, 4.69) is 16.7 Å². The molecule has 1 heterocycles. The normalized spacial score (nSPS) is 17.8. The summed E-state index contributed by atoms with van der Waals surface area (Å²) in [5.41, 5.74) is 1.80. The largest absolute Gasteiger partial charge is 0.341 e. The molecule has 1 aliphatic heterocycles. The van der Waals surface area contributed by atoms with Gasteiger partial charge in [0.15, 0.2) is 0 Å². The maximum atomic E-state index is 13.5. The number of hydrogen-bond acceptors (Lipinski definition) is 3. The molecule has 4 rings (SSSR count). The number of likely N-dealkylation sites (N-methyl/N-ethyl adjacent to an activating group) is 1. The van der Waals surface area contributed by atoms with Crippen molar-refractivity contribution in [3.05, 3.63) is 69.7 Å². The van der Waals surface area contributed by atoms with E-state index in [4.69, 9.17) is 23.2 Å². The molecule has 1 unspecified atom stereocenters. The number of carbonyl (C=O) groups is 2. The third kappa shape index (κ3) is 8.95. The molecular weight excluding hydrogens is 553 g/mol. The second-order valence-corrected chi connectivity index (χ2v) is 12.8. The number of carbonyl (C=O) groups excluding carboxylic acids is 2. The number of likely N-dealkylation sites (tertiary alicyclic amines) is 1. The molecule has 2 aromatic rings. The molecule has 2 amide bonds. The molecule has 0 radical (unpaired) electrons. The summed E-state index contributed by atoms with van der Waals surface area (Å²) in [6, 6.07) is 15.6. The van der Waals surface area contributed by atoms with E-state index in [0.717, 1.165) is 76.7 Å². The van der Waals surface area contributed by atoms with Gasteiger partial charge < -0.3 is 14.7 Å². The van der Waals surface area contributed by atoms with E-state index >= 15 is 0 Å². The molecule has 0 spiro atoms. The fraction of sp³-hybridized carbons (Fsp3) is 0.588. The third-order valence-electron chi connectivity index (χ3n) is 9.06. The number of nitrogens with zero attached hydrogens (tertiary/aromatic N) is 3. The average Bonchev–Trinajstić information content (AvgIpc) is 3.01. The number of halogens is 2. The van der Waals surface area contributed by atoms with E-state index in [1.54, 1.807) is 0 Å².